The average Bonchev–Trinajstić information content (AvgIpc) is 2.75. The van der Waals surface area contributed by atoms with Crippen molar-refractivity contribution in [2.45, 2.75) is 38.6 Å². The molecule has 2 atom stereocenters. The molecule has 0 saturated heterocycles. The normalized spacial score (nSPS) is 31.0. The van der Waals surface area contributed by atoms with E-state index in [-0.39, 0.29) is 0 Å². The molecule has 1 aromatic rings. The first-order valence-electron chi connectivity index (χ1n) is 5.52. The number of halogens is 1. The quantitative estimate of drug-likeness (QED) is 0.891. The van der Waals surface area contributed by atoms with E-state index >= 15 is 0 Å². The van der Waals surface area contributed by atoms with Gasteiger partial charge in [0, 0.05) is 15.4 Å². The van der Waals surface area contributed by atoms with Crippen molar-refractivity contribution in [3.05, 3.63) is 20.8 Å². The Kier molecular flexibility index (Phi) is 3.53. The molecule has 1 heterocycles. The second-order valence-corrected chi connectivity index (χ2v) is 6.76. The fourth-order valence-electron chi connectivity index (χ4n) is 2.57. The van der Waals surface area contributed by atoms with Crippen LogP contribution in [0.25, 0.3) is 0 Å². The van der Waals surface area contributed by atoms with Gasteiger partial charge in [-0.25, -0.2) is 0 Å². The van der Waals surface area contributed by atoms with Crippen molar-refractivity contribution in [3.8, 4) is 0 Å². The van der Waals surface area contributed by atoms with Crippen molar-refractivity contribution in [2.24, 2.45) is 5.41 Å². The van der Waals surface area contributed by atoms with Gasteiger partial charge in [-0.3, -0.25) is 0 Å². The molecule has 2 rings (SSSR count). The molecule has 1 nitrogen and oxygen atoms in total. The van der Waals surface area contributed by atoms with Crippen molar-refractivity contribution in [2.75, 3.05) is 7.05 Å². The predicted molar refractivity (Wildman–Crippen MR) is 70.5 cm³/mol. The topological polar surface area (TPSA) is 12.0 Å². The van der Waals surface area contributed by atoms with Crippen LogP contribution in [0.5, 0.6) is 0 Å². The van der Waals surface area contributed by atoms with E-state index in [0.717, 1.165) is 6.04 Å². The molecule has 84 valence electrons. The van der Waals surface area contributed by atoms with Gasteiger partial charge in [-0.15, -0.1) is 11.3 Å². The van der Waals surface area contributed by atoms with Crippen LogP contribution in [0.2, 0.25) is 0 Å². The zero-order chi connectivity index (χ0) is 10.9. The van der Waals surface area contributed by atoms with Gasteiger partial charge in [0.15, 0.2) is 0 Å². The molecule has 1 fully saturated rings. The van der Waals surface area contributed by atoms with E-state index in [1.54, 1.807) is 0 Å². The second kappa shape index (κ2) is 4.56. The van der Waals surface area contributed by atoms with Crippen molar-refractivity contribution in [1.29, 1.82) is 0 Å². The SMILES string of the molecule is CNC1CCC(C)(Cc2sccc2Br)C1. The molecule has 3 heteroatoms. The maximum absolute atomic E-state index is 3.62. The van der Waals surface area contributed by atoms with E-state index in [1.807, 2.05) is 11.3 Å². The molecule has 1 saturated carbocycles. The predicted octanol–water partition coefficient (Wildman–Crippen LogP) is 3.83. The third-order valence-electron chi connectivity index (χ3n) is 3.52. The van der Waals surface area contributed by atoms with Crippen LogP contribution in [0.15, 0.2) is 15.9 Å². The van der Waals surface area contributed by atoms with Crippen LogP contribution in [-0.2, 0) is 6.42 Å². The molecule has 0 amide bonds. The minimum absolute atomic E-state index is 0.501. The lowest BCUT2D eigenvalue weighted by Gasteiger charge is -2.23. The summed E-state index contributed by atoms with van der Waals surface area (Å²) in [6.45, 7) is 2.43. The van der Waals surface area contributed by atoms with Gasteiger partial charge in [0.2, 0.25) is 0 Å². The molecule has 1 N–H and O–H groups in total. The number of thiophene rings is 1. The summed E-state index contributed by atoms with van der Waals surface area (Å²) in [5, 5.41) is 5.58. The highest BCUT2D eigenvalue weighted by molar-refractivity contribution is 9.10. The molecule has 0 aromatic carbocycles. The first-order valence-corrected chi connectivity index (χ1v) is 7.19. The van der Waals surface area contributed by atoms with Gasteiger partial charge in [-0.05, 0) is 65.5 Å². The summed E-state index contributed by atoms with van der Waals surface area (Å²) in [6.07, 6.45) is 5.22. The molecule has 0 spiro atoms. The summed E-state index contributed by atoms with van der Waals surface area (Å²) >= 11 is 5.50. The summed E-state index contributed by atoms with van der Waals surface area (Å²) in [6, 6.07) is 2.89. The van der Waals surface area contributed by atoms with Gasteiger partial charge in [0.25, 0.3) is 0 Å². The fraction of sp³-hybridized carbons (Fsp3) is 0.667. The van der Waals surface area contributed by atoms with Crippen LogP contribution in [0.3, 0.4) is 0 Å². The number of nitrogens with one attached hydrogen (secondary N) is 1. The van der Waals surface area contributed by atoms with E-state index < -0.39 is 0 Å². The highest BCUT2D eigenvalue weighted by Crippen LogP contribution is 2.42. The van der Waals surface area contributed by atoms with Crippen LogP contribution >= 0.6 is 27.3 Å². The van der Waals surface area contributed by atoms with Gasteiger partial charge in [-0.2, -0.15) is 0 Å². The molecule has 0 bridgehead atoms. The lowest BCUT2D eigenvalue weighted by atomic mass is 9.84. The Labute approximate surface area is 104 Å². The van der Waals surface area contributed by atoms with Crippen molar-refractivity contribution >= 4 is 27.3 Å². The lowest BCUT2D eigenvalue weighted by molar-refractivity contribution is 0.326. The van der Waals surface area contributed by atoms with E-state index in [0.29, 0.717) is 5.41 Å². The summed E-state index contributed by atoms with van der Waals surface area (Å²) in [5.74, 6) is 0. The third-order valence-corrected chi connectivity index (χ3v) is 5.45. The largest absolute Gasteiger partial charge is 0.317 e. The Balaban J connectivity index is 2.03. The average molecular weight is 288 g/mol. The second-order valence-electron chi connectivity index (χ2n) is 4.91. The maximum Gasteiger partial charge on any atom is 0.0314 e. The first-order chi connectivity index (χ1) is 7.13. The van der Waals surface area contributed by atoms with Gasteiger partial charge >= 0.3 is 0 Å². The Morgan fingerprint density at radius 3 is 3.00 bits per heavy atom. The Hall–Kier alpha value is 0.140. The van der Waals surface area contributed by atoms with E-state index in [2.05, 4.69) is 46.7 Å². The van der Waals surface area contributed by atoms with Crippen LogP contribution < -0.4 is 5.32 Å². The van der Waals surface area contributed by atoms with Gasteiger partial charge < -0.3 is 5.32 Å². The number of hydrogen-bond acceptors (Lipinski definition) is 2. The van der Waals surface area contributed by atoms with E-state index in [4.69, 9.17) is 0 Å². The molecule has 0 radical (unpaired) electrons. The van der Waals surface area contributed by atoms with Crippen LogP contribution in [0, 0.1) is 5.41 Å². The molecule has 1 aliphatic carbocycles. The highest BCUT2D eigenvalue weighted by Gasteiger charge is 2.34. The minimum atomic E-state index is 0.501. The summed E-state index contributed by atoms with van der Waals surface area (Å²) < 4.78 is 1.29. The van der Waals surface area contributed by atoms with Crippen molar-refractivity contribution in [3.63, 3.8) is 0 Å². The first kappa shape index (κ1) is 11.6. The molecule has 15 heavy (non-hydrogen) atoms. The fourth-order valence-corrected chi connectivity index (χ4v) is 4.28. The molecule has 2 unspecified atom stereocenters. The highest BCUT2D eigenvalue weighted by atomic mass is 79.9. The Morgan fingerprint density at radius 2 is 2.47 bits per heavy atom. The summed E-state index contributed by atoms with van der Waals surface area (Å²) in [4.78, 5) is 1.51. The molecule has 1 aromatic heterocycles. The van der Waals surface area contributed by atoms with Gasteiger partial charge in [0.05, 0.1) is 0 Å². The Bertz CT molecular complexity index is 336. The number of hydrogen-bond donors (Lipinski definition) is 1. The number of rotatable bonds is 3. The molecular weight excluding hydrogens is 270 g/mol. The summed E-state index contributed by atoms with van der Waals surface area (Å²) in [5.41, 5.74) is 0.501. The van der Waals surface area contributed by atoms with Gasteiger partial charge in [-0.1, -0.05) is 6.92 Å². The third kappa shape index (κ3) is 2.63. The zero-order valence-electron chi connectivity index (χ0n) is 9.35. The van der Waals surface area contributed by atoms with Crippen LogP contribution in [-0.4, -0.2) is 13.1 Å². The monoisotopic (exact) mass is 287 g/mol. The van der Waals surface area contributed by atoms with E-state index in [1.165, 1.54) is 35.0 Å². The smallest absolute Gasteiger partial charge is 0.0314 e. The van der Waals surface area contributed by atoms with Gasteiger partial charge in [0.1, 0.15) is 0 Å². The molecular formula is C12H18BrNS. The Morgan fingerprint density at radius 1 is 1.67 bits per heavy atom. The van der Waals surface area contributed by atoms with Crippen LogP contribution in [0.1, 0.15) is 31.1 Å². The van der Waals surface area contributed by atoms with Crippen molar-refractivity contribution in [1.82, 2.24) is 5.32 Å². The van der Waals surface area contributed by atoms with Crippen LogP contribution in [0.4, 0.5) is 0 Å². The van der Waals surface area contributed by atoms with Crippen molar-refractivity contribution < 1.29 is 0 Å². The van der Waals surface area contributed by atoms with E-state index in [9.17, 15) is 0 Å². The lowest BCUT2D eigenvalue weighted by Crippen LogP contribution is -2.24. The maximum atomic E-state index is 3.62. The standard InChI is InChI=1S/C12H18BrNS/c1-12(5-3-9(7-12)14-2)8-11-10(13)4-6-15-11/h4,6,9,14H,3,5,7-8H2,1-2H3. The minimum Gasteiger partial charge on any atom is -0.317 e. The zero-order valence-corrected chi connectivity index (χ0v) is 11.7. The summed E-state index contributed by atoms with van der Waals surface area (Å²) in [7, 11) is 2.08. The molecule has 1 aliphatic rings. The molecule has 0 aliphatic heterocycles.